The third-order valence-electron chi connectivity index (χ3n) is 3.30. The van der Waals surface area contributed by atoms with Crippen LogP contribution in [0.1, 0.15) is 22.6 Å². The van der Waals surface area contributed by atoms with Gasteiger partial charge in [0.2, 0.25) is 11.8 Å². The fourth-order valence-corrected chi connectivity index (χ4v) is 3.16. The summed E-state index contributed by atoms with van der Waals surface area (Å²) in [5.74, 6) is -0.366. The monoisotopic (exact) mass is 266 g/mol. The van der Waals surface area contributed by atoms with Crippen molar-refractivity contribution in [2.24, 2.45) is 11.7 Å². The number of rotatable bonds is 3. The van der Waals surface area contributed by atoms with E-state index in [2.05, 4.69) is 0 Å². The SMILES string of the molecule is Cc1ccc(CC(=O)N2CCC[C@H](C(N)=O)C2)s1. The Morgan fingerprint density at radius 1 is 1.50 bits per heavy atom. The molecular weight excluding hydrogens is 248 g/mol. The molecule has 0 unspecified atom stereocenters. The van der Waals surface area contributed by atoms with E-state index in [1.165, 1.54) is 4.88 Å². The molecule has 2 amide bonds. The van der Waals surface area contributed by atoms with Crippen LogP contribution in [-0.4, -0.2) is 29.8 Å². The first-order valence-corrected chi connectivity index (χ1v) is 7.00. The summed E-state index contributed by atoms with van der Waals surface area (Å²) in [5, 5.41) is 0. The van der Waals surface area contributed by atoms with Crippen molar-refractivity contribution in [2.75, 3.05) is 13.1 Å². The largest absolute Gasteiger partial charge is 0.369 e. The molecule has 0 aromatic carbocycles. The molecule has 2 rings (SSSR count). The van der Waals surface area contributed by atoms with Gasteiger partial charge in [0, 0.05) is 22.8 Å². The van der Waals surface area contributed by atoms with Crippen LogP contribution in [0.3, 0.4) is 0 Å². The highest BCUT2D eigenvalue weighted by molar-refractivity contribution is 7.12. The number of carbonyl (C=O) groups excluding carboxylic acids is 2. The van der Waals surface area contributed by atoms with Gasteiger partial charge in [-0.1, -0.05) is 0 Å². The molecule has 5 heteroatoms. The molecule has 1 atom stereocenters. The second-order valence-electron chi connectivity index (χ2n) is 4.77. The number of primary amides is 1. The van der Waals surface area contributed by atoms with Crippen molar-refractivity contribution < 1.29 is 9.59 Å². The zero-order valence-electron chi connectivity index (χ0n) is 10.5. The van der Waals surface area contributed by atoms with Crippen LogP contribution in [0.15, 0.2) is 12.1 Å². The van der Waals surface area contributed by atoms with Crippen molar-refractivity contribution in [1.82, 2.24) is 4.90 Å². The molecule has 1 aliphatic heterocycles. The smallest absolute Gasteiger partial charge is 0.227 e. The van der Waals surface area contributed by atoms with Gasteiger partial charge in [0.15, 0.2) is 0 Å². The van der Waals surface area contributed by atoms with Gasteiger partial charge in [-0.05, 0) is 31.9 Å². The van der Waals surface area contributed by atoms with E-state index < -0.39 is 0 Å². The quantitative estimate of drug-likeness (QED) is 0.897. The van der Waals surface area contributed by atoms with Gasteiger partial charge in [0.05, 0.1) is 12.3 Å². The van der Waals surface area contributed by atoms with Gasteiger partial charge in [-0.2, -0.15) is 0 Å². The van der Waals surface area contributed by atoms with E-state index in [4.69, 9.17) is 5.73 Å². The van der Waals surface area contributed by atoms with Crippen LogP contribution in [0.5, 0.6) is 0 Å². The van der Waals surface area contributed by atoms with Crippen molar-refractivity contribution in [1.29, 1.82) is 0 Å². The zero-order chi connectivity index (χ0) is 13.1. The normalized spacial score (nSPS) is 19.8. The molecule has 1 aliphatic rings. The standard InChI is InChI=1S/C13H18N2O2S/c1-9-4-5-11(18-9)7-12(16)15-6-2-3-10(8-15)13(14)17/h4-5,10H,2-3,6-8H2,1H3,(H2,14,17)/t10-/m0/s1. The van der Waals surface area contributed by atoms with Gasteiger partial charge >= 0.3 is 0 Å². The van der Waals surface area contributed by atoms with Crippen LogP contribution in [-0.2, 0) is 16.0 Å². The van der Waals surface area contributed by atoms with E-state index in [1.807, 2.05) is 19.1 Å². The summed E-state index contributed by atoms with van der Waals surface area (Å²) in [5.41, 5.74) is 5.31. The summed E-state index contributed by atoms with van der Waals surface area (Å²) in [4.78, 5) is 27.4. The third-order valence-corrected chi connectivity index (χ3v) is 4.30. The molecule has 98 valence electrons. The number of nitrogens with zero attached hydrogens (tertiary/aromatic N) is 1. The van der Waals surface area contributed by atoms with Crippen LogP contribution in [0, 0.1) is 12.8 Å². The lowest BCUT2D eigenvalue weighted by Crippen LogP contribution is -2.44. The summed E-state index contributed by atoms with van der Waals surface area (Å²) in [6, 6.07) is 4.02. The number of hydrogen-bond acceptors (Lipinski definition) is 3. The molecule has 0 spiro atoms. The number of aryl methyl sites for hydroxylation is 1. The molecule has 1 saturated heterocycles. The lowest BCUT2D eigenvalue weighted by atomic mass is 9.97. The molecule has 4 nitrogen and oxygen atoms in total. The van der Waals surface area contributed by atoms with Crippen molar-refractivity contribution in [3.05, 3.63) is 21.9 Å². The van der Waals surface area contributed by atoms with Gasteiger partial charge in [-0.15, -0.1) is 11.3 Å². The van der Waals surface area contributed by atoms with Crippen molar-refractivity contribution in [3.8, 4) is 0 Å². The first kappa shape index (κ1) is 13.1. The van der Waals surface area contributed by atoms with Gasteiger partial charge in [0.25, 0.3) is 0 Å². The maximum atomic E-state index is 12.1. The third kappa shape index (κ3) is 3.10. The first-order chi connectivity index (χ1) is 8.56. The van der Waals surface area contributed by atoms with E-state index >= 15 is 0 Å². The molecule has 1 fully saturated rings. The molecule has 1 aromatic heterocycles. The lowest BCUT2D eigenvalue weighted by molar-refractivity contribution is -0.134. The molecule has 0 saturated carbocycles. The fraction of sp³-hybridized carbons (Fsp3) is 0.538. The van der Waals surface area contributed by atoms with E-state index in [0.29, 0.717) is 13.0 Å². The van der Waals surface area contributed by atoms with Crippen LogP contribution < -0.4 is 5.73 Å². The number of thiophene rings is 1. The first-order valence-electron chi connectivity index (χ1n) is 6.18. The molecule has 0 aliphatic carbocycles. The molecule has 0 radical (unpaired) electrons. The highest BCUT2D eigenvalue weighted by Gasteiger charge is 2.26. The zero-order valence-corrected chi connectivity index (χ0v) is 11.3. The van der Waals surface area contributed by atoms with Crippen LogP contribution in [0.2, 0.25) is 0 Å². The maximum absolute atomic E-state index is 12.1. The molecule has 0 bridgehead atoms. The van der Waals surface area contributed by atoms with E-state index in [1.54, 1.807) is 16.2 Å². The van der Waals surface area contributed by atoms with Crippen LogP contribution >= 0.6 is 11.3 Å². The summed E-state index contributed by atoms with van der Waals surface area (Å²) in [6.07, 6.45) is 2.10. The van der Waals surface area contributed by atoms with Gasteiger partial charge < -0.3 is 10.6 Å². The van der Waals surface area contributed by atoms with E-state index in [0.717, 1.165) is 24.3 Å². The highest BCUT2D eigenvalue weighted by atomic mass is 32.1. The summed E-state index contributed by atoms with van der Waals surface area (Å²) < 4.78 is 0. The van der Waals surface area contributed by atoms with E-state index in [9.17, 15) is 9.59 Å². The summed E-state index contributed by atoms with van der Waals surface area (Å²) in [6.45, 7) is 3.26. The minimum atomic E-state index is -0.292. The predicted octanol–water partition coefficient (Wildman–Crippen LogP) is 1.32. The van der Waals surface area contributed by atoms with E-state index in [-0.39, 0.29) is 17.7 Å². The maximum Gasteiger partial charge on any atom is 0.227 e. The Kier molecular flexibility index (Phi) is 4.01. The number of nitrogens with two attached hydrogens (primary N) is 1. The average Bonchev–Trinajstić information content (AvgIpc) is 2.75. The van der Waals surface area contributed by atoms with Crippen LogP contribution in [0.25, 0.3) is 0 Å². The minimum Gasteiger partial charge on any atom is -0.369 e. The van der Waals surface area contributed by atoms with Gasteiger partial charge in [-0.25, -0.2) is 0 Å². The Balaban J connectivity index is 1.94. The highest BCUT2D eigenvalue weighted by Crippen LogP contribution is 2.20. The molecule has 18 heavy (non-hydrogen) atoms. The van der Waals surface area contributed by atoms with Crippen LogP contribution in [0.4, 0.5) is 0 Å². The molecule has 2 heterocycles. The van der Waals surface area contributed by atoms with Gasteiger partial charge in [-0.3, -0.25) is 9.59 Å². The Labute approximate surface area is 111 Å². The second kappa shape index (κ2) is 5.52. The fourth-order valence-electron chi connectivity index (χ4n) is 2.28. The topological polar surface area (TPSA) is 63.4 Å². The number of likely N-dealkylation sites (tertiary alicyclic amines) is 1. The molecule has 2 N–H and O–H groups in total. The second-order valence-corrected chi connectivity index (χ2v) is 6.14. The molecule has 1 aromatic rings. The Morgan fingerprint density at radius 2 is 2.28 bits per heavy atom. The van der Waals surface area contributed by atoms with Crippen molar-refractivity contribution >= 4 is 23.2 Å². The Morgan fingerprint density at radius 3 is 2.89 bits per heavy atom. The van der Waals surface area contributed by atoms with Gasteiger partial charge in [0.1, 0.15) is 0 Å². The summed E-state index contributed by atoms with van der Waals surface area (Å²) in [7, 11) is 0. The average molecular weight is 266 g/mol. The molecular formula is C13H18N2O2S. The number of amides is 2. The predicted molar refractivity (Wildman–Crippen MR) is 71.3 cm³/mol. The van der Waals surface area contributed by atoms with Crippen molar-refractivity contribution in [2.45, 2.75) is 26.2 Å². The number of piperidine rings is 1. The number of hydrogen-bond donors (Lipinski definition) is 1. The number of carbonyl (C=O) groups is 2. The van der Waals surface area contributed by atoms with Crippen molar-refractivity contribution in [3.63, 3.8) is 0 Å². The lowest BCUT2D eigenvalue weighted by Gasteiger charge is -2.31. The summed E-state index contributed by atoms with van der Waals surface area (Å²) >= 11 is 1.65. The Hall–Kier alpha value is -1.36. The minimum absolute atomic E-state index is 0.0998. The Bertz CT molecular complexity index is 456.